The van der Waals surface area contributed by atoms with E-state index in [2.05, 4.69) is 6.92 Å². The summed E-state index contributed by atoms with van der Waals surface area (Å²) in [7, 11) is 0. The number of aliphatic hydroxyl groups is 1. The first-order valence-corrected chi connectivity index (χ1v) is 6.94. The molecule has 0 bridgehead atoms. The third kappa shape index (κ3) is 3.08. The van der Waals surface area contributed by atoms with Gasteiger partial charge in [0.05, 0.1) is 0 Å². The van der Waals surface area contributed by atoms with Crippen molar-refractivity contribution in [3.63, 3.8) is 0 Å². The summed E-state index contributed by atoms with van der Waals surface area (Å²) in [5.41, 5.74) is -1.23. The highest BCUT2D eigenvalue weighted by Crippen LogP contribution is 2.42. The lowest BCUT2D eigenvalue weighted by molar-refractivity contribution is -0.142. The highest BCUT2D eigenvalue weighted by atomic mass is 19.3. The van der Waals surface area contributed by atoms with E-state index in [9.17, 15) is 18.7 Å². The van der Waals surface area contributed by atoms with Crippen LogP contribution in [0.25, 0.3) is 0 Å². The predicted octanol–water partition coefficient (Wildman–Crippen LogP) is 3.32. The molecule has 0 amide bonds. The molecular weight excluding hydrogens is 238 g/mol. The van der Waals surface area contributed by atoms with Crippen LogP contribution in [0.3, 0.4) is 0 Å². The van der Waals surface area contributed by atoms with E-state index in [1.165, 1.54) is 0 Å². The monoisotopic (exact) mass is 260 g/mol. The third-order valence-corrected chi connectivity index (χ3v) is 4.60. The zero-order chi connectivity index (χ0) is 13.4. The van der Waals surface area contributed by atoms with E-state index in [-0.39, 0.29) is 31.0 Å². The number of carbonyl (C=O) groups is 1. The van der Waals surface area contributed by atoms with Crippen LogP contribution >= 0.6 is 0 Å². The molecular formula is C14H22F2O2. The van der Waals surface area contributed by atoms with Gasteiger partial charge in [-0.2, -0.15) is 0 Å². The molecule has 0 spiro atoms. The number of ketones is 1. The van der Waals surface area contributed by atoms with Crippen molar-refractivity contribution in [1.29, 1.82) is 0 Å². The smallest absolute Gasteiger partial charge is 0.248 e. The molecule has 4 heteroatoms. The van der Waals surface area contributed by atoms with E-state index in [4.69, 9.17) is 0 Å². The van der Waals surface area contributed by atoms with Crippen LogP contribution in [-0.2, 0) is 4.79 Å². The first-order chi connectivity index (χ1) is 8.31. The summed E-state index contributed by atoms with van der Waals surface area (Å²) in [6.45, 7) is 2.11. The fourth-order valence-electron chi connectivity index (χ4n) is 3.19. The fourth-order valence-corrected chi connectivity index (χ4v) is 3.19. The molecule has 1 N–H and O–H groups in total. The maximum absolute atomic E-state index is 13.1. The van der Waals surface area contributed by atoms with Crippen molar-refractivity contribution in [2.75, 3.05) is 0 Å². The van der Waals surface area contributed by atoms with Gasteiger partial charge in [-0.25, -0.2) is 8.78 Å². The van der Waals surface area contributed by atoms with Gasteiger partial charge in [-0.15, -0.1) is 0 Å². The Balaban J connectivity index is 1.88. The second-order valence-corrected chi connectivity index (χ2v) is 6.31. The van der Waals surface area contributed by atoms with Crippen LogP contribution in [0.5, 0.6) is 0 Å². The zero-order valence-corrected chi connectivity index (χ0v) is 10.9. The summed E-state index contributed by atoms with van der Waals surface area (Å²) in [4.78, 5) is 12.1. The van der Waals surface area contributed by atoms with Gasteiger partial charge in [-0.05, 0) is 43.9 Å². The van der Waals surface area contributed by atoms with Crippen molar-refractivity contribution < 1.29 is 18.7 Å². The highest BCUT2D eigenvalue weighted by Gasteiger charge is 2.44. The topological polar surface area (TPSA) is 37.3 Å². The molecule has 2 saturated carbocycles. The second-order valence-electron chi connectivity index (χ2n) is 6.31. The summed E-state index contributed by atoms with van der Waals surface area (Å²) >= 11 is 0. The van der Waals surface area contributed by atoms with Crippen LogP contribution in [0.1, 0.15) is 58.3 Å². The average molecular weight is 260 g/mol. The molecule has 2 aliphatic rings. The van der Waals surface area contributed by atoms with Crippen molar-refractivity contribution in [1.82, 2.24) is 0 Å². The summed E-state index contributed by atoms with van der Waals surface area (Å²) in [6, 6.07) is 0. The maximum Gasteiger partial charge on any atom is 0.248 e. The SMILES string of the molecule is CC1CCC(O)(C(=O)CC2CCC(F)(F)C2)CC1. The molecule has 0 aliphatic heterocycles. The van der Waals surface area contributed by atoms with Crippen LogP contribution in [0, 0.1) is 11.8 Å². The third-order valence-electron chi connectivity index (χ3n) is 4.60. The summed E-state index contributed by atoms with van der Waals surface area (Å²) in [5.74, 6) is -2.50. The highest BCUT2D eigenvalue weighted by molar-refractivity contribution is 5.87. The van der Waals surface area contributed by atoms with Gasteiger partial charge in [0.2, 0.25) is 5.92 Å². The Morgan fingerprint density at radius 3 is 2.33 bits per heavy atom. The van der Waals surface area contributed by atoms with Crippen LogP contribution in [-0.4, -0.2) is 22.4 Å². The van der Waals surface area contributed by atoms with Crippen molar-refractivity contribution in [2.45, 2.75) is 69.8 Å². The molecule has 2 nitrogen and oxygen atoms in total. The molecule has 1 atom stereocenters. The number of Topliss-reactive ketones (excluding diaryl/α,β-unsaturated/α-hetero) is 1. The zero-order valence-electron chi connectivity index (χ0n) is 10.9. The van der Waals surface area contributed by atoms with E-state index in [0.29, 0.717) is 25.2 Å². The molecule has 0 aromatic heterocycles. The van der Waals surface area contributed by atoms with E-state index in [1.807, 2.05) is 0 Å². The first kappa shape index (κ1) is 13.9. The Labute approximate surface area is 107 Å². The van der Waals surface area contributed by atoms with Gasteiger partial charge >= 0.3 is 0 Å². The Kier molecular flexibility index (Phi) is 3.77. The van der Waals surface area contributed by atoms with Crippen molar-refractivity contribution in [3.8, 4) is 0 Å². The number of hydrogen-bond acceptors (Lipinski definition) is 2. The number of alkyl halides is 2. The molecule has 2 fully saturated rings. The standard InChI is InChI=1S/C14H22F2O2/c1-10-2-5-13(18,6-3-10)12(17)8-11-4-7-14(15,16)9-11/h10-11,18H,2-9H2,1H3. The van der Waals surface area contributed by atoms with Crippen LogP contribution < -0.4 is 0 Å². The number of rotatable bonds is 3. The summed E-state index contributed by atoms with van der Waals surface area (Å²) < 4.78 is 26.1. The predicted molar refractivity (Wildman–Crippen MR) is 64.5 cm³/mol. The van der Waals surface area contributed by atoms with Gasteiger partial charge in [-0.3, -0.25) is 4.79 Å². The minimum absolute atomic E-state index is 0.111. The van der Waals surface area contributed by atoms with Crippen LogP contribution in [0.15, 0.2) is 0 Å². The lowest BCUT2D eigenvalue weighted by Gasteiger charge is -2.34. The largest absolute Gasteiger partial charge is 0.382 e. The van der Waals surface area contributed by atoms with Crippen molar-refractivity contribution >= 4 is 5.78 Å². The molecule has 0 radical (unpaired) electrons. The normalized spacial score (nSPS) is 39.8. The molecule has 2 aliphatic carbocycles. The van der Waals surface area contributed by atoms with E-state index in [0.717, 1.165) is 12.8 Å². The Hall–Kier alpha value is -0.510. The number of hydrogen-bond donors (Lipinski definition) is 1. The van der Waals surface area contributed by atoms with Gasteiger partial charge < -0.3 is 5.11 Å². The Morgan fingerprint density at radius 2 is 1.83 bits per heavy atom. The molecule has 0 aromatic carbocycles. The van der Waals surface area contributed by atoms with Gasteiger partial charge in [0, 0.05) is 19.3 Å². The van der Waals surface area contributed by atoms with Gasteiger partial charge in [0.25, 0.3) is 0 Å². The second kappa shape index (κ2) is 4.87. The molecule has 1 unspecified atom stereocenters. The molecule has 18 heavy (non-hydrogen) atoms. The fraction of sp³-hybridized carbons (Fsp3) is 0.929. The minimum atomic E-state index is -2.60. The lowest BCUT2D eigenvalue weighted by atomic mass is 9.75. The molecule has 0 saturated heterocycles. The quantitative estimate of drug-likeness (QED) is 0.845. The van der Waals surface area contributed by atoms with Crippen LogP contribution in [0.4, 0.5) is 8.78 Å². The summed E-state index contributed by atoms with van der Waals surface area (Å²) in [6.07, 6.45) is 2.93. The van der Waals surface area contributed by atoms with E-state index >= 15 is 0 Å². The molecule has 0 aromatic rings. The maximum atomic E-state index is 13.1. The van der Waals surface area contributed by atoms with Crippen molar-refractivity contribution in [3.05, 3.63) is 0 Å². The molecule has 0 heterocycles. The van der Waals surface area contributed by atoms with Gasteiger partial charge in [0.1, 0.15) is 5.60 Å². The van der Waals surface area contributed by atoms with E-state index in [1.54, 1.807) is 0 Å². The number of carbonyl (C=O) groups excluding carboxylic acids is 1. The Bertz CT molecular complexity index is 320. The first-order valence-electron chi connectivity index (χ1n) is 6.94. The van der Waals surface area contributed by atoms with Gasteiger partial charge in [-0.1, -0.05) is 6.92 Å². The summed E-state index contributed by atoms with van der Waals surface area (Å²) in [5, 5.41) is 10.3. The van der Waals surface area contributed by atoms with Crippen molar-refractivity contribution in [2.24, 2.45) is 11.8 Å². The molecule has 2 rings (SSSR count). The van der Waals surface area contributed by atoms with Gasteiger partial charge in [0.15, 0.2) is 5.78 Å². The van der Waals surface area contributed by atoms with E-state index < -0.39 is 11.5 Å². The van der Waals surface area contributed by atoms with Crippen LogP contribution in [0.2, 0.25) is 0 Å². The average Bonchev–Trinajstić information content (AvgIpc) is 2.62. The minimum Gasteiger partial charge on any atom is -0.382 e. The number of halogens is 2. The molecule has 104 valence electrons. The Morgan fingerprint density at radius 1 is 1.22 bits per heavy atom. The lowest BCUT2D eigenvalue weighted by Crippen LogP contribution is -2.42.